The fourth-order valence-electron chi connectivity index (χ4n) is 1.98. The topological polar surface area (TPSA) is 54.4 Å². The minimum absolute atomic E-state index is 0.130. The summed E-state index contributed by atoms with van der Waals surface area (Å²) >= 11 is 5.89. The van der Waals surface area contributed by atoms with Crippen LogP contribution in [-0.4, -0.2) is 24.9 Å². The Balaban J connectivity index is 2.51. The van der Waals surface area contributed by atoms with E-state index in [9.17, 15) is 13.5 Å². The molecule has 0 atom stereocenters. The summed E-state index contributed by atoms with van der Waals surface area (Å²) in [6.45, 7) is -0.333. The maximum absolute atomic E-state index is 12.3. The molecule has 5 heteroatoms. The van der Waals surface area contributed by atoms with Crippen LogP contribution in [-0.2, 0) is 9.84 Å². The molecule has 1 aromatic carbocycles. The van der Waals surface area contributed by atoms with E-state index < -0.39 is 14.6 Å². The first-order valence-electron chi connectivity index (χ1n) is 5.13. The molecule has 88 valence electrons. The Morgan fingerprint density at radius 1 is 1.31 bits per heavy atom. The average Bonchev–Trinajstić information content (AvgIpc) is 2.16. The summed E-state index contributed by atoms with van der Waals surface area (Å²) in [5.41, 5.74) is 0. The van der Waals surface area contributed by atoms with E-state index in [0.29, 0.717) is 12.8 Å². The Labute approximate surface area is 100.0 Å². The van der Waals surface area contributed by atoms with Gasteiger partial charge in [0.25, 0.3) is 0 Å². The van der Waals surface area contributed by atoms with E-state index in [0.717, 1.165) is 6.42 Å². The van der Waals surface area contributed by atoms with E-state index in [-0.39, 0.29) is 16.5 Å². The molecule has 0 amide bonds. The molecule has 0 aliphatic heterocycles. The first-order valence-corrected chi connectivity index (χ1v) is 7.00. The van der Waals surface area contributed by atoms with Gasteiger partial charge in [0, 0.05) is 0 Å². The van der Waals surface area contributed by atoms with Crippen molar-refractivity contribution in [3.05, 3.63) is 29.3 Å². The van der Waals surface area contributed by atoms with Gasteiger partial charge in [-0.15, -0.1) is 0 Å². The third-order valence-corrected chi connectivity index (χ3v) is 6.30. The van der Waals surface area contributed by atoms with E-state index in [1.807, 2.05) is 0 Å². The third kappa shape index (κ3) is 1.56. The normalized spacial score (nSPS) is 19.1. The second-order valence-electron chi connectivity index (χ2n) is 4.13. The molecule has 0 saturated heterocycles. The van der Waals surface area contributed by atoms with E-state index >= 15 is 0 Å². The molecular formula is C11H13ClO3S. The molecule has 1 N–H and O–H groups in total. The standard InChI is InChI=1S/C11H13ClO3S/c12-9-4-1-2-5-10(9)16(14,15)11(8-13)6-3-7-11/h1-2,4-5,13H,3,6-8H2. The number of hydrogen-bond donors (Lipinski definition) is 1. The van der Waals surface area contributed by atoms with Crippen LogP contribution >= 0.6 is 11.6 Å². The van der Waals surface area contributed by atoms with E-state index in [4.69, 9.17) is 11.6 Å². The molecule has 1 aliphatic rings. The highest BCUT2D eigenvalue weighted by atomic mass is 35.5. The van der Waals surface area contributed by atoms with Gasteiger partial charge in [-0.1, -0.05) is 30.2 Å². The molecule has 0 radical (unpaired) electrons. The smallest absolute Gasteiger partial charge is 0.187 e. The van der Waals surface area contributed by atoms with E-state index in [1.165, 1.54) is 6.07 Å². The van der Waals surface area contributed by atoms with Crippen LogP contribution in [0.5, 0.6) is 0 Å². The van der Waals surface area contributed by atoms with Crippen LogP contribution < -0.4 is 0 Å². The molecule has 0 aromatic heterocycles. The van der Waals surface area contributed by atoms with Crippen LogP contribution in [0.1, 0.15) is 19.3 Å². The van der Waals surface area contributed by atoms with Crippen molar-refractivity contribution in [2.45, 2.75) is 28.9 Å². The highest BCUT2D eigenvalue weighted by Gasteiger charge is 2.49. The van der Waals surface area contributed by atoms with Crippen LogP contribution in [0.15, 0.2) is 29.2 Å². The lowest BCUT2D eigenvalue weighted by Crippen LogP contribution is -2.48. The molecule has 1 aliphatic carbocycles. The first-order chi connectivity index (χ1) is 7.53. The number of rotatable bonds is 3. The van der Waals surface area contributed by atoms with Gasteiger partial charge in [0.05, 0.1) is 21.3 Å². The van der Waals surface area contributed by atoms with Gasteiger partial charge in [0.15, 0.2) is 9.84 Å². The predicted molar refractivity (Wildman–Crippen MR) is 62.3 cm³/mol. The summed E-state index contributed by atoms with van der Waals surface area (Å²) in [6, 6.07) is 6.38. The maximum Gasteiger partial charge on any atom is 0.187 e. The summed E-state index contributed by atoms with van der Waals surface area (Å²) in [5, 5.41) is 9.53. The molecule has 0 unspecified atom stereocenters. The van der Waals surface area contributed by atoms with Gasteiger partial charge in [-0.25, -0.2) is 8.42 Å². The van der Waals surface area contributed by atoms with Gasteiger partial charge >= 0.3 is 0 Å². The molecular weight excluding hydrogens is 248 g/mol. The number of hydrogen-bond acceptors (Lipinski definition) is 3. The second kappa shape index (κ2) is 4.02. The Kier molecular flexibility index (Phi) is 2.99. The van der Waals surface area contributed by atoms with Crippen LogP contribution in [0.3, 0.4) is 0 Å². The van der Waals surface area contributed by atoms with Crippen molar-refractivity contribution < 1.29 is 13.5 Å². The van der Waals surface area contributed by atoms with Crippen molar-refractivity contribution in [1.29, 1.82) is 0 Å². The fourth-order valence-corrected chi connectivity index (χ4v) is 4.46. The van der Waals surface area contributed by atoms with Gasteiger partial charge in [-0.05, 0) is 25.0 Å². The molecule has 1 aromatic rings. The summed E-state index contributed by atoms with van der Waals surface area (Å²) in [7, 11) is -3.53. The zero-order valence-corrected chi connectivity index (χ0v) is 10.3. The van der Waals surface area contributed by atoms with Crippen LogP contribution in [0.2, 0.25) is 5.02 Å². The number of sulfone groups is 1. The van der Waals surface area contributed by atoms with Crippen LogP contribution in [0, 0.1) is 0 Å². The second-order valence-corrected chi connectivity index (χ2v) is 6.85. The number of benzene rings is 1. The largest absolute Gasteiger partial charge is 0.395 e. The molecule has 16 heavy (non-hydrogen) atoms. The van der Waals surface area contributed by atoms with Crippen molar-refractivity contribution in [2.24, 2.45) is 0 Å². The molecule has 0 heterocycles. The number of aliphatic hydroxyl groups is 1. The van der Waals surface area contributed by atoms with Gasteiger partial charge in [-0.3, -0.25) is 0 Å². The summed E-state index contributed by atoms with van der Waals surface area (Å²) in [5.74, 6) is 0. The minimum atomic E-state index is -3.53. The zero-order chi connectivity index (χ0) is 11.8. The summed E-state index contributed by atoms with van der Waals surface area (Å²) in [4.78, 5) is 0.130. The molecule has 1 fully saturated rings. The molecule has 1 saturated carbocycles. The predicted octanol–water partition coefficient (Wildman–Crippen LogP) is 2.03. The Bertz CT molecular complexity index is 486. The first kappa shape index (κ1) is 11.9. The Hall–Kier alpha value is -0.580. The summed E-state index contributed by atoms with van der Waals surface area (Å²) in [6.07, 6.45) is 1.86. The average molecular weight is 261 g/mol. The van der Waals surface area contributed by atoms with E-state index in [2.05, 4.69) is 0 Å². The van der Waals surface area contributed by atoms with Crippen molar-refractivity contribution >= 4 is 21.4 Å². The molecule has 3 nitrogen and oxygen atoms in total. The third-order valence-electron chi connectivity index (χ3n) is 3.25. The zero-order valence-electron chi connectivity index (χ0n) is 8.69. The monoisotopic (exact) mass is 260 g/mol. The van der Waals surface area contributed by atoms with Crippen LogP contribution in [0.4, 0.5) is 0 Å². The maximum atomic E-state index is 12.3. The van der Waals surface area contributed by atoms with Gasteiger partial charge in [0.1, 0.15) is 0 Å². The van der Waals surface area contributed by atoms with Gasteiger partial charge in [0.2, 0.25) is 0 Å². The lowest BCUT2D eigenvalue weighted by atomic mass is 9.85. The molecule has 0 spiro atoms. The van der Waals surface area contributed by atoms with Gasteiger partial charge in [-0.2, -0.15) is 0 Å². The van der Waals surface area contributed by atoms with E-state index in [1.54, 1.807) is 18.2 Å². The molecule has 0 bridgehead atoms. The highest BCUT2D eigenvalue weighted by molar-refractivity contribution is 7.93. The van der Waals surface area contributed by atoms with Crippen molar-refractivity contribution in [2.75, 3.05) is 6.61 Å². The number of aliphatic hydroxyl groups excluding tert-OH is 1. The van der Waals surface area contributed by atoms with Crippen molar-refractivity contribution in [1.82, 2.24) is 0 Å². The lowest BCUT2D eigenvalue weighted by Gasteiger charge is -2.39. The fraction of sp³-hybridized carbons (Fsp3) is 0.455. The van der Waals surface area contributed by atoms with Crippen LogP contribution in [0.25, 0.3) is 0 Å². The number of halogens is 1. The quantitative estimate of drug-likeness (QED) is 0.905. The SMILES string of the molecule is O=S(=O)(c1ccccc1Cl)C1(CO)CCC1. The Morgan fingerprint density at radius 3 is 2.38 bits per heavy atom. The highest BCUT2D eigenvalue weighted by Crippen LogP contribution is 2.43. The van der Waals surface area contributed by atoms with Gasteiger partial charge < -0.3 is 5.11 Å². The van der Waals surface area contributed by atoms with Crippen molar-refractivity contribution in [3.63, 3.8) is 0 Å². The minimum Gasteiger partial charge on any atom is -0.395 e. The Morgan fingerprint density at radius 2 is 1.94 bits per heavy atom. The lowest BCUT2D eigenvalue weighted by molar-refractivity contribution is 0.182. The molecule has 2 rings (SSSR count). The van der Waals surface area contributed by atoms with Crippen molar-refractivity contribution in [3.8, 4) is 0 Å². The summed E-state index contributed by atoms with van der Waals surface area (Å²) < 4.78 is 23.7.